The first-order valence-corrected chi connectivity index (χ1v) is 9.33. The number of unbranched alkanes of at least 4 members (excludes halogenated alkanes) is 2. The van der Waals surface area contributed by atoms with Gasteiger partial charge in [0.2, 0.25) is 5.91 Å². The first-order valence-electron chi connectivity index (χ1n) is 9.33. The van der Waals surface area contributed by atoms with E-state index >= 15 is 0 Å². The summed E-state index contributed by atoms with van der Waals surface area (Å²) in [5.41, 5.74) is 6.84. The van der Waals surface area contributed by atoms with Crippen molar-refractivity contribution in [3.05, 3.63) is 41.8 Å². The second-order valence-corrected chi connectivity index (χ2v) is 6.99. The van der Waals surface area contributed by atoms with Crippen molar-refractivity contribution in [2.24, 2.45) is 11.7 Å². The Bertz CT molecular complexity index is 803. The fourth-order valence-electron chi connectivity index (χ4n) is 2.87. The number of primary amides is 1. The molecule has 2 aromatic rings. The lowest BCUT2D eigenvalue weighted by atomic mass is 10.0. The van der Waals surface area contributed by atoms with Crippen LogP contribution in [0.1, 0.15) is 43.6 Å². The van der Waals surface area contributed by atoms with Gasteiger partial charge in [-0.3, -0.25) is 18.7 Å². The summed E-state index contributed by atoms with van der Waals surface area (Å²) < 4.78 is 27.2. The predicted molar refractivity (Wildman–Crippen MR) is 103 cm³/mol. The lowest BCUT2D eigenvalue weighted by molar-refractivity contribution is -0.120. The van der Waals surface area contributed by atoms with Crippen LogP contribution < -0.4 is 11.1 Å². The van der Waals surface area contributed by atoms with Crippen LogP contribution in [0.3, 0.4) is 0 Å². The molecule has 2 rings (SSSR count). The molecule has 8 heteroatoms. The Hall–Kier alpha value is -2.77. The maximum Gasteiger partial charge on any atom is 0.272 e. The molecule has 1 heterocycles. The van der Waals surface area contributed by atoms with Crippen molar-refractivity contribution in [2.75, 3.05) is 6.67 Å². The fourth-order valence-corrected chi connectivity index (χ4v) is 2.87. The number of carbonyl (C=O) groups excluding carboxylic acids is 2. The van der Waals surface area contributed by atoms with E-state index in [-0.39, 0.29) is 24.1 Å². The minimum absolute atomic E-state index is 0.136. The lowest BCUT2D eigenvalue weighted by Gasteiger charge is -2.18. The number of amides is 2. The van der Waals surface area contributed by atoms with Crippen molar-refractivity contribution in [1.82, 2.24) is 15.1 Å². The average Bonchev–Trinajstić information content (AvgIpc) is 3.07. The van der Waals surface area contributed by atoms with Gasteiger partial charge in [-0.15, -0.1) is 0 Å². The molecule has 0 bridgehead atoms. The Labute approximate surface area is 163 Å². The van der Waals surface area contributed by atoms with Crippen LogP contribution in [0.5, 0.6) is 0 Å². The van der Waals surface area contributed by atoms with Crippen LogP contribution in [0.4, 0.5) is 8.78 Å². The van der Waals surface area contributed by atoms with Gasteiger partial charge in [0.1, 0.15) is 11.9 Å². The number of nitrogens with one attached hydrogen (secondary N) is 1. The average molecular weight is 392 g/mol. The van der Waals surface area contributed by atoms with Crippen LogP contribution in [-0.2, 0) is 11.3 Å². The summed E-state index contributed by atoms with van der Waals surface area (Å²) in [7, 11) is 0. The van der Waals surface area contributed by atoms with E-state index < -0.39 is 17.9 Å². The van der Waals surface area contributed by atoms with Gasteiger partial charge < -0.3 is 11.1 Å². The summed E-state index contributed by atoms with van der Waals surface area (Å²) in [6.07, 6.45) is 1.85. The van der Waals surface area contributed by atoms with Crippen LogP contribution in [0.25, 0.3) is 11.3 Å². The number of halogens is 2. The highest BCUT2D eigenvalue weighted by molar-refractivity contribution is 5.96. The third-order valence-corrected chi connectivity index (χ3v) is 4.42. The second-order valence-electron chi connectivity index (χ2n) is 6.99. The summed E-state index contributed by atoms with van der Waals surface area (Å²) in [6, 6.07) is 6.65. The van der Waals surface area contributed by atoms with Gasteiger partial charge in [0.15, 0.2) is 5.69 Å². The molecule has 0 aliphatic rings. The molecule has 1 atom stereocenters. The first-order chi connectivity index (χ1) is 13.3. The quantitative estimate of drug-likeness (QED) is 0.609. The molecule has 1 aromatic carbocycles. The van der Waals surface area contributed by atoms with Gasteiger partial charge in [0, 0.05) is 12.1 Å². The minimum atomic E-state index is -0.809. The van der Waals surface area contributed by atoms with Gasteiger partial charge >= 0.3 is 0 Å². The molecule has 0 saturated carbocycles. The zero-order valence-corrected chi connectivity index (χ0v) is 16.1. The van der Waals surface area contributed by atoms with E-state index in [0.717, 1.165) is 0 Å². The van der Waals surface area contributed by atoms with Gasteiger partial charge in [0.05, 0.1) is 12.4 Å². The Morgan fingerprint density at radius 1 is 1.18 bits per heavy atom. The SMILES string of the molecule is CC(C)[C@H](NC(=O)c1cc(-c2ccc(F)cc2)n(CCCCCF)n1)C(N)=O. The van der Waals surface area contributed by atoms with Crippen LogP contribution in [0, 0.1) is 11.7 Å². The molecule has 0 radical (unpaired) electrons. The van der Waals surface area contributed by atoms with Crippen molar-refractivity contribution >= 4 is 11.8 Å². The molecule has 3 N–H and O–H groups in total. The molecule has 2 amide bonds. The van der Waals surface area contributed by atoms with E-state index in [1.165, 1.54) is 12.1 Å². The summed E-state index contributed by atoms with van der Waals surface area (Å²) in [6.45, 7) is 3.68. The highest BCUT2D eigenvalue weighted by Gasteiger charge is 2.24. The number of hydrogen-bond acceptors (Lipinski definition) is 3. The van der Waals surface area contributed by atoms with Crippen LogP contribution in [0.2, 0.25) is 0 Å². The Morgan fingerprint density at radius 3 is 2.43 bits per heavy atom. The van der Waals surface area contributed by atoms with E-state index in [9.17, 15) is 18.4 Å². The maximum atomic E-state index is 13.3. The minimum Gasteiger partial charge on any atom is -0.368 e. The normalized spacial score (nSPS) is 12.2. The largest absolute Gasteiger partial charge is 0.368 e. The zero-order chi connectivity index (χ0) is 20.7. The third kappa shape index (κ3) is 5.61. The molecule has 0 aliphatic heterocycles. The molecule has 6 nitrogen and oxygen atoms in total. The number of carbonyl (C=O) groups is 2. The van der Waals surface area contributed by atoms with Crippen molar-refractivity contribution < 1.29 is 18.4 Å². The van der Waals surface area contributed by atoms with E-state index in [2.05, 4.69) is 10.4 Å². The number of nitrogens with zero attached hydrogens (tertiary/aromatic N) is 2. The molecule has 0 aliphatic carbocycles. The summed E-state index contributed by atoms with van der Waals surface area (Å²) in [4.78, 5) is 24.1. The van der Waals surface area contributed by atoms with E-state index in [4.69, 9.17) is 5.73 Å². The van der Waals surface area contributed by atoms with Crippen molar-refractivity contribution in [2.45, 2.75) is 45.7 Å². The molecule has 0 fully saturated rings. The predicted octanol–water partition coefficient (Wildman–Crippen LogP) is 3.07. The molecule has 0 saturated heterocycles. The van der Waals surface area contributed by atoms with Crippen molar-refractivity contribution in [1.29, 1.82) is 0 Å². The van der Waals surface area contributed by atoms with E-state index in [1.807, 2.05) is 0 Å². The third-order valence-electron chi connectivity index (χ3n) is 4.42. The molecule has 0 spiro atoms. The summed E-state index contributed by atoms with van der Waals surface area (Å²) >= 11 is 0. The number of rotatable bonds is 10. The van der Waals surface area contributed by atoms with Gasteiger partial charge in [0.25, 0.3) is 5.91 Å². The second kappa shape index (κ2) is 9.96. The zero-order valence-electron chi connectivity index (χ0n) is 16.1. The molecule has 28 heavy (non-hydrogen) atoms. The molecule has 1 aromatic heterocycles. The Balaban J connectivity index is 2.28. The highest BCUT2D eigenvalue weighted by Crippen LogP contribution is 2.22. The van der Waals surface area contributed by atoms with Crippen molar-refractivity contribution in [3.63, 3.8) is 0 Å². The molecular formula is C20H26F2N4O2. The molecule has 0 unspecified atom stereocenters. The van der Waals surface area contributed by atoms with Crippen LogP contribution in [-0.4, -0.2) is 34.3 Å². The summed E-state index contributed by atoms with van der Waals surface area (Å²) in [5.74, 6) is -1.66. The first kappa shape index (κ1) is 21.5. The maximum absolute atomic E-state index is 13.3. The Morgan fingerprint density at radius 2 is 1.86 bits per heavy atom. The number of alkyl halides is 1. The van der Waals surface area contributed by atoms with Gasteiger partial charge in [-0.2, -0.15) is 5.10 Å². The number of nitrogens with two attached hydrogens (primary N) is 1. The van der Waals surface area contributed by atoms with Gasteiger partial charge in [-0.1, -0.05) is 13.8 Å². The number of benzene rings is 1. The number of aromatic nitrogens is 2. The van der Waals surface area contributed by atoms with Crippen molar-refractivity contribution in [3.8, 4) is 11.3 Å². The fraction of sp³-hybridized carbons (Fsp3) is 0.450. The topological polar surface area (TPSA) is 90.0 Å². The smallest absolute Gasteiger partial charge is 0.272 e. The molecular weight excluding hydrogens is 366 g/mol. The van der Waals surface area contributed by atoms with E-state index in [1.54, 1.807) is 36.7 Å². The number of hydrogen-bond donors (Lipinski definition) is 2. The lowest BCUT2D eigenvalue weighted by Crippen LogP contribution is -2.47. The van der Waals surface area contributed by atoms with Crippen LogP contribution >= 0.6 is 0 Å². The molecule has 152 valence electrons. The standard InChI is InChI=1S/C20H26F2N4O2/c1-13(2)18(19(23)27)24-20(28)16-12-17(14-6-8-15(22)9-7-14)26(25-16)11-5-3-4-10-21/h6-9,12-13,18H,3-5,10-11H2,1-2H3,(H2,23,27)(H,24,28)/t18-/m0/s1. The Kier molecular flexibility index (Phi) is 7.66. The number of aryl methyl sites for hydroxylation is 1. The van der Waals surface area contributed by atoms with E-state index in [0.29, 0.717) is 37.1 Å². The monoisotopic (exact) mass is 392 g/mol. The van der Waals surface area contributed by atoms with Gasteiger partial charge in [-0.05, 0) is 55.5 Å². The highest BCUT2D eigenvalue weighted by atomic mass is 19.1. The van der Waals surface area contributed by atoms with Crippen LogP contribution in [0.15, 0.2) is 30.3 Å². The van der Waals surface area contributed by atoms with Gasteiger partial charge in [-0.25, -0.2) is 4.39 Å². The summed E-state index contributed by atoms with van der Waals surface area (Å²) in [5, 5.41) is 6.95.